The van der Waals surface area contributed by atoms with Crippen LogP contribution in [0.15, 0.2) is 54.6 Å². The molecule has 5 nitrogen and oxygen atoms in total. The van der Waals surface area contributed by atoms with E-state index in [0.29, 0.717) is 6.42 Å². The summed E-state index contributed by atoms with van der Waals surface area (Å²) in [6.07, 6.45) is 3.58. The molecule has 1 aromatic heterocycles. The summed E-state index contributed by atoms with van der Waals surface area (Å²) in [6.45, 7) is -0.0239. The van der Waals surface area contributed by atoms with Gasteiger partial charge < -0.3 is 15.0 Å². The monoisotopic (exact) mass is 376 g/mol. The zero-order chi connectivity index (χ0) is 19.5. The minimum atomic E-state index is -0.833. The number of aromatic nitrogens is 1. The molecule has 1 heterocycles. The second-order valence-corrected chi connectivity index (χ2v) is 7.42. The van der Waals surface area contributed by atoms with E-state index in [1.165, 1.54) is 11.1 Å². The molecule has 5 heteroatoms. The lowest BCUT2D eigenvalue weighted by atomic mass is 9.91. The zero-order valence-corrected chi connectivity index (χ0v) is 15.7. The molecular formula is C23H24N2O3. The maximum absolute atomic E-state index is 12.4. The van der Waals surface area contributed by atoms with E-state index < -0.39 is 5.97 Å². The number of rotatable bonds is 6. The number of para-hydroxylation sites is 1. The van der Waals surface area contributed by atoms with E-state index in [4.69, 9.17) is 0 Å². The van der Waals surface area contributed by atoms with Crippen LogP contribution >= 0.6 is 0 Å². The Hall–Kier alpha value is -3.08. The van der Waals surface area contributed by atoms with Crippen molar-refractivity contribution in [3.63, 3.8) is 0 Å². The van der Waals surface area contributed by atoms with E-state index in [0.717, 1.165) is 42.3 Å². The van der Waals surface area contributed by atoms with Crippen molar-refractivity contribution in [3.05, 3.63) is 71.4 Å². The van der Waals surface area contributed by atoms with Gasteiger partial charge in [0.1, 0.15) is 6.54 Å². The van der Waals surface area contributed by atoms with Crippen LogP contribution in [0.5, 0.6) is 0 Å². The Bertz CT molecular complexity index is 1010. The number of fused-ring (bicyclic) bond motifs is 3. The number of nitrogens with one attached hydrogen (secondary N) is 1. The predicted octanol–water partition coefficient (Wildman–Crippen LogP) is 3.33. The summed E-state index contributed by atoms with van der Waals surface area (Å²) >= 11 is 0. The number of benzene rings is 2. The molecule has 2 aromatic carbocycles. The van der Waals surface area contributed by atoms with Crippen LogP contribution in [0, 0.1) is 0 Å². The minimum Gasteiger partial charge on any atom is -0.480 e. The van der Waals surface area contributed by atoms with E-state index >= 15 is 0 Å². The van der Waals surface area contributed by atoms with Crippen molar-refractivity contribution >= 4 is 22.8 Å². The van der Waals surface area contributed by atoms with Crippen LogP contribution in [0.1, 0.15) is 29.7 Å². The van der Waals surface area contributed by atoms with Crippen molar-refractivity contribution in [2.45, 2.75) is 44.7 Å². The van der Waals surface area contributed by atoms with Gasteiger partial charge in [-0.15, -0.1) is 0 Å². The topological polar surface area (TPSA) is 71.3 Å². The SMILES string of the molecule is O=C(O)Cn1c2c(c3ccccc31)C[C@@H](NC(=O)CCc1ccccc1)CC2. The molecule has 1 atom stereocenters. The first-order chi connectivity index (χ1) is 13.6. The number of carbonyl (C=O) groups is 2. The number of hydrogen-bond acceptors (Lipinski definition) is 2. The lowest BCUT2D eigenvalue weighted by molar-refractivity contribution is -0.137. The first-order valence-corrected chi connectivity index (χ1v) is 9.76. The van der Waals surface area contributed by atoms with Gasteiger partial charge in [0.15, 0.2) is 0 Å². The molecule has 0 aliphatic heterocycles. The van der Waals surface area contributed by atoms with Crippen LogP contribution in [0.3, 0.4) is 0 Å². The van der Waals surface area contributed by atoms with Gasteiger partial charge in [-0.25, -0.2) is 0 Å². The van der Waals surface area contributed by atoms with Gasteiger partial charge in [-0.1, -0.05) is 48.5 Å². The first kappa shape index (κ1) is 18.3. The highest BCUT2D eigenvalue weighted by Crippen LogP contribution is 2.32. The molecule has 4 rings (SSSR count). The Morgan fingerprint density at radius 3 is 2.61 bits per heavy atom. The van der Waals surface area contributed by atoms with E-state index in [2.05, 4.69) is 5.32 Å². The maximum Gasteiger partial charge on any atom is 0.323 e. The van der Waals surface area contributed by atoms with E-state index in [-0.39, 0.29) is 18.5 Å². The largest absolute Gasteiger partial charge is 0.480 e. The third kappa shape index (κ3) is 3.79. The predicted molar refractivity (Wildman–Crippen MR) is 108 cm³/mol. The average Bonchev–Trinajstić information content (AvgIpc) is 3.00. The lowest BCUT2D eigenvalue weighted by Crippen LogP contribution is -2.39. The minimum absolute atomic E-state index is 0.0239. The number of carboxylic acids is 1. The van der Waals surface area contributed by atoms with E-state index in [9.17, 15) is 14.7 Å². The molecule has 1 amide bonds. The Balaban J connectivity index is 1.47. The third-order valence-electron chi connectivity index (χ3n) is 5.52. The maximum atomic E-state index is 12.4. The number of aryl methyl sites for hydroxylation is 1. The summed E-state index contributed by atoms with van der Waals surface area (Å²) in [7, 11) is 0. The van der Waals surface area contributed by atoms with Crippen LogP contribution in [-0.2, 0) is 35.4 Å². The van der Waals surface area contributed by atoms with Crippen molar-refractivity contribution < 1.29 is 14.7 Å². The van der Waals surface area contributed by atoms with Gasteiger partial charge >= 0.3 is 5.97 Å². The summed E-state index contributed by atoms with van der Waals surface area (Å²) in [4.78, 5) is 23.7. The molecule has 0 fully saturated rings. The molecule has 3 aromatic rings. The van der Waals surface area contributed by atoms with Gasteiger partial charge in [0.2, 0.25) is 5.91 Å². The summed E-state index contributed by atoms with van der Waals surface area (Å²) < 4.78 is 1.92. The van der Waals surface area contributed by atoms with E-state index in [1.54, 1.807) is 0 Å². The van der Waals surface area contributed by atoms with Crippen LogP contribution in [0.25, 0.3) is 10.9 Å². The van der Waals surface area contributed by atoms with Gasteiger partial charge in [0.05, 0.1) is 0 Å². The Labute approximate surface area is 164 Å². The normalized spacial score (nSPS) is 15.9. The second kappa shape index (κ2) is 7.89. The number of carboxylic acid groups (broad SMARTS) is 1. The fourth-order valence-electron chi connectivity index (χ4n) is 4.24. The Morgan fingerprint density at radius 1 is 1.07 bits per heavy atom. The summed E-state index contributed by atoms with van der Waals surface area (Å²) in [6, 6.07) is 18.1. The lowest BCUT2D eigenvalue weighted by Gasteiger charge is -2.25. The molecule has 0 unspecified atom stereocenters. The van der Waals surface area contributed by atoms with Gasteiger partial charge in [-0.2, -0.15) is 0 Å². The highest BCUT2D eigenvalue weighted by atomic mass is 16.4. The Kier molecular flexibility index (Phi) is 5.15. The van der Waals surface area contributed by atoms with Gasteiger partial charge in [-0.3, -0.25) is 9.59 Å². The quantitative estimate of drug-likeness (QED) is 0.693. The second-order valence-electron chi connectivity index (χ2n) is 7.42. The van der Waals surface area contributed by atoms with Crippen molar-refractivity contribution in [1.82, 2.24) is 9.88 Å². The zero-order valence-electron chi connectivity index (χ0n) is 15.7. The number of amides is 1. The molecule has 2 N–H and O–H groups in total. The fraction of sp³-hybridized carbons (Fsp3) is 0.304. The fourth-order valence-corrected chi connectivity index (χ4v) is 4.24. The smallest absolute Gasteiger partial charge is 0.323 e. The van der Waals surface area contributed by atoms with Crippen molar-refractivity contribution in [3.8, 4) is 0 Å². The molecular weight excluding hydrogens is 352 g/mol. The number of aliphatic carboxylic acids is 1. The van der Waals surface area contributed by atoms with Crippen molar-refractivity contribution in [2.75, 3.05) is 0 Å². The molecule has 1 aliphatic carbocycles. The molecule has 28 heavy (non-hydrogen) atoms. The van der Waals surface area contributed by atoms with Gasteiger partial charge in [-0.05, 0) is 42.9 Å². The summed E-state index contributed by atoms with van der Waals surface area (Å²) in [5, 5.41) is 13.6. The average molecular weight is 376 g/mol. The molecule has 0 saturated carbocycles. The highest BCUT2D eigenvalue weighted by molar-refractivity contribution is 5.87. The van der Waals surface area contributed by atoms with Crippen LogP contribution in [0.2, 0.25) is 0 Å². The van der Waals surface area contributed by atoms with Crippen LogP contribution in [-0.4, -0.2) is 27.6 Å². The van der Waals surface area contributed by atoms with E-state index in [1.807, 2.05) is 59.2 Å². The molecule has 0 spiro atoms. The molecule has 0 saturated heterocycles. The highest BCUT2D eigenvalue weighted by Gasteiger charge is 2.26. The molecule has 1 aliphatic rings. The summed E-state index contributed by atoms with van der Waals surface area (Å²) in [5.41, 5.74) is 4.40. The standard InChI is InChI=1S/C23H24N2O3/c26-22(13-10-16-6-2-1-3-7-16)24-17-11-12-21-19(14-17)18-8-4-5-9-20(18)25(21)15-23(27)28/h1-9,17H,10-15H2,(H,24,26)(H,27,28)/t17-/m0/s1. The number of carbonyl (C=O) groups excluding carboxylic acids is 1. The van der Waals surface area contributed by atoms with Crippen molar-refractivity contribution in [1.29, 1.82) is 0 Å². The van der Waals surface area contributed by atoms with Gasteiger partial charge in [0, 0.05) is 29.1 Å². The number of nitrogens with zero attached hydrogens (tertiary/aromatic N) is 1. The molecule has 144 valence electrons. The number of hydrogen-bond donors (Lipinski definition) is 2. The van der Waals surface area contributed by atoms with Crippen LogP contribution < -0.4 is 5.32 Å². The molecule has 0 radical (unpaired) electrons. The first-order valence-electron chi connectivity index (χ1n) is 9.76. The third-order valence-corrected chi connectivity index (χ3v) is 5.52. The molecule has 0 bridgehead atoms. The van der Waals surface area contributed by atoms with Gasteiger partial charge in [0.25, 0.3) is 0 Å². The Morgan fingerprint density at radius 2 is 1.82 bits per heavy atom. The summed E-state index contributed by atoms with van der Waals surface area (Å²) in [5.74, 6) is -0.758. The van der Waals surface area contributed by atoms with Crippen LogP contribution in [0.4, 0.5) is 0 Å². The van der Waals surface area contributed by atoms with Crippen molar-refractivity contribution in [2.24, 2.45) is 0 Å².